The summed E-state index contributed by atoms with van der Waals surface area (Å²) in [7, 11) is 0. The fourth-order valence-electron chi connectivity index (χ4n) is 4.04. The largest absolute Gasteiger partial charge is 0.378 e. The lowest BCUT2D eigenvalue weighted by atomic mass is 9.82. The van der Waals surface area contributed by atoms with E-state index in [4.69, 9.17) is 0 Å². The van der Waals surface area contributed by atoms with E-state index >= 15 is 0 Å². The minimum absolute atomic E-state index is 0.0646. The first kappa shape index (κ1) is 18.5. The van der Waals surface area contributed by atoms with Crippen molar-refractivity contribution in [2.45, 2.75) is 57.5 Å². The van der Waals surface area contributed by atoms with Crippen molar-refractivity contribution in [3.63, 3.8) is 0 Å². The molecule has 1 saturated carbocycles. The molecule has 0 unspecified atom stereocenters. The average molecular weight is 377 g/mol. The smallest absolute Gasteiger partial charge is 0.271 e. The van der Waals surface area contributed by atoms with Crippen molar-refractivity contribution < 1.29 is 0 Å². The van der Waals surface area contributed by atoms with Crippen LogP contribution in [0.2, 0.25) is 0 Å². The summed E-state index contributed by atoms with van der Waals surface area (Å²) in [6, 6.07) is 13.4. The van der Waals surface area contributed by atoms with Gasteiger partial charge < -0.3 is 10.3 Å². The van der Waals surface area contributed by atoms with E-state index in [0.717, 1.165) is 36.8 Å². The lowest BCUT2D eigenvalue weighted by Gasteiger charge is -2.29. The third-order valence-corrected chi connectivity index (χ3v) is 5.72. The molecule has 0 bridgehead atoms. The van der Waals surface area contributed by atoms with Gasteiger partial charge in [0, 0.05) is 35.6 Å². The van der Waals surface area contributed by atoms with E-state index in [2.05, 4.69) is 59.6 Å². The first-order valence-corrected chi connectivity index (χ1v) is 10.2. The van der Waals surface area contributed by atoms with Gasteiger partial charge >= 0.3 is 0 Å². The number of nitrogens with zero attached hydrogens (tertiary/aromatic N) is 2. The molecule has 28 heavy (non-hydrogen) atoms. The molecule has 5 heteroatoms. The highest BCUT2D eigenvalue weighted by Gasteiger charge is 2.22. The zero-order valence-corrected chi connectivity index (χ0v) is 16.6. The molecule has 4 rings (SSSR count). The zero-order chi connectivity index (χ0) is 19.5. The Morgan fingerprint density at radius 1 is 1.11 bits per heavy atom. The maximum Gasteiger partial charge on any atom is 0.271 e. The Bertz CT molecular complexity index is 966. The second-order valence-corrected chi connectivity index (χ2v) is 8.04. The number of aromatic nitrogens is 3. The summed E-state index contributed by atoms with van der Waals surface area (Å²) >= 11 is 0. The number of hydrogen-bond acceptors (Lipinski definition) is 3. The number of H-pyrrole nitrogens is 1. The summed E-state index contributed by atoms with van der Waals surface area (Å²) in [5.41, 5.74) is 4.01. The third-order valence-electron chi connectivity index (χ3n) is 5.72. The van der Waals surface area contributed by atoms with Crippen LogP contribution in [-0.2, 0) is 0 Å². The fraction of sp³-hybridized carbons (Fsp3) is 0.391. The van der Waals surface area contributed by atoms with Crippen LogP contribution in [0.5, 0.6) is 0 Å². The lowest BCUT2D eigenvalue weighted by molar-refractivity contribution is 0.412. The van der Waals surface area contributed by atoms with Crippen LogP contribution in [0.25, 0.3) is 11.1 Å². The van der Waals surface area contributed by atoms with Crippen LogP contribution < -0.4 is 10.9 Å². The number of hydrogen-bond donors (Lipinski definition) is 2. The maximum atomic E-state index is 12.3. The minimum atomic E-state index is -0.0646. The molecule has 1 aliphatic rings. The zero-order valence-electron chi connectivity index (χ0n) is 16.6. The van der Waals surface area contributed by atoms with Gasteiger partial charge in [-0.2, -0.15) is 5.10 Å². The standard InChI is InChI=1S/C23H28N4O/c1-16(2)27-15-20(14-25-27)19-12-22(23(28)24-13-19)26-21-10-8-18(9-11-21)17-6-4-3-5-7-17/h3-7,12-16,18,21,26H,8-11H2,1-2H3,(H,24,28). The second kappa shape index (κ2) is 8.05. The lowest BCUT2D eigenvalue weighted by Crippen LogP contribution is -2.28. The Balaban J connectivity index is 1.44. The van der Waals surface area contributed by atoms with Gasteiger partial charge in [-0.05, 0) is 57.1 Å². The van der Waals surface area contributed by atoms with Crippen molar-refractivity contribution in [3.05, 3.63) is 70.9 Å². The molecule has 2 N–H and O–H groups in total. The second-order valence-electron chi connectivity index (χ2n) is 8.04. The number of pyridine rings is 1. The number of benzene rings is 1. The van der Waals surface area contributed by atoms with Gasteiger partial charge in [0.1, 0.15) is 5.69 Å². The first-order chi connectivity index (χ1) is 13.6. The van der Waals surface area contributed by atoms with Crippen molar-refractivity contribution >= 4 is 5.69 Å². The number of rotatable bonds is 5. The van der Waals surface area contributed by atoms with Crippen LogP contribution in [0.1, 0.15) is 57.1 Å². The van der Waals surface area contributed by atoms with Crippen molar-refractivity contribution in [3.8, 4) is 11.1 Å². The molecule has 146 valence electrons. The van der Waals surface area contributed by atoms with Gasteiger partial charge in [-0.1, -0.05) is 30.3 Å². The third kappa shape index (κ3) is 4.03. The molecule has 2 aromatic heterocycles. The van der Waals surface area contributed by atoms with E-state index in [0.29, 0.717) is 23.7 Å². The predicted molar refractivity (Wildman–Crippen MR) is 114 cm³/mol. The highest BCUT2D eigenvalue weighted by Crippen LogP contribution is 2.33. The van der Waals surface area contributed by atoms with E-state index in [1.54, 1.807) is 6.20 Å². The van der Waals surface area contributed by atoms with Gasteiger partial charge in [0.25, 0.3) is 5.56 Å². The van der Waals surface area contributed by atoms with Crippen molar-refractivity contribution in [1.82, 2.24) is 14.8 Å². The van der Waals surface area contributed by atoms with Gasteiger partial charge in [-0.15, -0.1) is 0 Å². The van der Waals surface area contributed by atoms with Crippen LogP contribution in [0.15, 0.2) is 59.8 Å². The van der Waals surface area contributed by atoms with Crippen LogP contribution in [-0.4, -0.2) is 20.8 Å². The summed E-state index contributed by atoms with van der Waals surface area (Å²) in [5.74, 6) is 0.630. The monoisotopic (exact) mass is 376 g/mol. The number of aromatic amines is 1. The Labute approximate surface area is 165 Å². The van der Waals surface area contributed by atoms with Gasteiger partial charge in [-0.25, -0.2) is 0 Å². The van der Waals surface area contributed by atoms with Crippen LogP contribution in [0.4, 0.5) is 5.69 Å². The molecule has 0 spiro atoms. The summed E-state index contributed by atoms with van der Waals surface area (Å²) in [5, 5.41) is 7.89. The predicted octanol–water partition coefficient (Wildman–Crippen LogP) is 4.96. The molecule has 1 aromatic carbocycles. The highest BCUT2D eigenvalue weighted by atomic mass is 16.1. The van der Waals surface area contributed by atoms with E-state index < -0.39 is 0 Å². The van der Waals surface area contributed by atoms with Crippen LogP contribution in [0.3, 0.4) is 0 Å². The molecule has 1 aliphatic carbocycles. The molecule has 2 heterocycles. The quantitative estimate of drug-likeness (QED) is 0.662. The van der Waals surface area contributed by atoms with Crippen molar-refractivity contribution in [1.29, 1.82) is 0 Å². The Morgan fingerprint density at radius 3 is 2.54 bits per heavy atom. The maximum absolute atomic E-state index is 12.3. The highest BCUT2D eigenvalue weighted by molar-refractivity contribution is 5.65. The normalized spacial score (nSPS) is 19.7. The SMILES string of the molecule is CC(C)n1cc(-c2c[nH]c(=O)c(NC3CCC(c4ccccc4)CC3)c2)cn1. The Morgan fingerprint density at radius 2 is 1.86 bits per heavy atom. The Kier molecular flexibility index (Phi) is 5.33. The van der Waals surface area contributed by atoms with Gasteiger partial charge in [0.05, 0.1) is 6.20 Å². The van der Waals surface area contributed by atoms with E-state index in [9.17, 15) is 4.79 Å². The average Bonchev–Trinajstić information content (AvgIpc) is 3.22. The summed E-state index contributed by atoms with van der Waals surface area (Å²) in [4.78, 5) is 15.2. The van der Waals surface area contributed by atoms with Gasteiger partial charge in [0.2, 0.25) is 0 Å². The summed E-state index contributed by atoms with van der Waals surface area (Å²) < 4.78 is 1.93. The first-order valence-electron chi connectivity index (χ1n) is 10.2. The molecule has 0 aliphatic heterocycles. The minimum Gasteiger partial charge on any atom is -0.378 e. The van der Waals surface area contributed by atoms with Crippen molar-refractivity contribution in [2.24, 2.45) is 0 Å². The topological polar surface area (TPSA) is 62.7 Å². The Hall–Kier alpha value is -2.82. The number of anilines is 1. The molecule has 0 saturated heterocycles. The van der Waals surface area contributed by atoms with E-state index in [1.165, 1.54) is 5.56 Å². The van der Waals surface area contributed by atoms with E-state index in [1.807, 2.05) is 23.1 Å². The molecule has 0 radical (unpaired) electrons. The summed E-state index contributed by atoms with van der Waals surface area (Å²) in [6.45, 7) is 4.20. The molecule has 3 aromatic rings. The molecular formula is C23H28N4O. The molecule has 0 amide bonds. The number of nitrogens with one attached hydrogen (secondary N) is 2. The summed E-state index contributed by atoms with van der Waals surface area (Å²) in [6.07, 6.45) is 10.1. The molecule has 0 atom stereocenters. The van der Waals surface area contributed by atoms with Gasteiger partial charge in [0.15, 0.2) is 0 Å². The molecular weight excluding hydrogens is 348 g/mol. The molecule has 5 nitrogen and oxygen atoms in total. The fourth-order valence-corrected chi connectivity index (χ4v) is 4.04. The molecule has 1 fully saturated rings. The van der Waals surface area contributed by atoms with Crippen LogP contribution >= 0.6 is 0 Å². The van der Waals surface area contributed by atoms with Crippen LogP contribution in [0, 0.1) is 0 Å². The van der Waals surface area contributed by atoms with Crippen molar-refractivity contribution in [2.75, 3.05) is 5.32 Å². The van der Waals surface area contributed by atoms with E-state index in [-0.39, 0.29) is 5.56 Å². The van der Waals surface area contributed by atoms with Gasteiger partial charge in [-0.3, -0.25) is 9.48 Å².